The Morgan fingerprint density at radius 1 is 1.12 bits per heavy atom. The van der Waals surface area contributed by atoms with Gasteiger partial charge < -0.3 is 9.47 Å². The number of rotatable bonds is 5. The minimum Gasteiger partial charge on any atom is -0.497 e. The number of carbonyl (C=O) groups is 1. The maximum atomic E-state index is 12.4. The van der Waals surface area contributed by atoms with Crippen LogP contribution in [0.2, 0.25) is 10.0 Å². The van der Waals surface area contributed by atoms with E-state index in [1.807, 2.05) is 12.1 Å². The predicted molar refractivity (Wildman–Crippen MR) is 97.5 cm³/mol. The Morgan fingerprint density at radius 2 is 1.88 bits per heavy atom. The molecule has 5 nitrogen and oxygen atoms in total. The van der Waals surface area contributed by atoms with Gasteiger partial charge in [-0.1, -0.05) is 33.8 Å². The van der Waals surface area contributed by atoms with Crippen LogP contribution < -0.4 is 4.74 Å². The zero-order chi connectivity index (χ0) is 17.8. The highest BCUT2D eigenvalue weighted by Gasteiger charge is 2.19. The predicted octanol–water partition coefficient (Wildman–Crippen LogP) is 4.88. The standard InChI is InChI=1S/C17H12Cl2N2O3S/c1-23-12-5-3-11(4-6-12)15-16(25-21-20-15)17(22)24-9-10-2-7-13(18)14(19)8-10/h2-8H,9H2,1H3. The molecule has 0 amide bonds. The smallest absolute Gasteiger partial charge is 0.352 e. The third kappa shape index (κ3) is 4.10. The molecule has 3 aromatic rings. The van der Waals surface area contributed by atoms with E-state index in [-0.39, 0.29) is 6.61 Å². The zero-order valence-corrected chi connectivity index (χ0v) is 15.4. The largest absolute Gasteiger partial charge is 0.497 e. The molecule has 0 bridgehead atoms. The summed E-state index contributed by atoms with van der Waals surface area (Å²) >= 11 is 12.8. The Balaban J connectivity index is 1.74. The van der Waals surface area contributed by atoms with E-state index in [9.17, 15) is 4.79 Å². The second kappa shape index (κ2) is 7.82. The number of halogens is 2. The topological polar surface area (TPSA) is 61.3 Å². The lowest BCUT2D eigenvalue weighted by Crippen LogP contribution is -2.05. The highest BCUT2D eigenvalue weighted by molar-refractivity contribution is 7.08. The van der Waals surface area contributed by atoms with Gasteiger partial charge in [-0.15, -0.1) is 5.10 Å². The molecule has 0 unspecified atom stereocenters. The van der Waals surface area contributed by atoms with Crippen molar-refractivity contribution in [2.45, 2.75) is 6.61 Å². The summed E-state index contributed by atoms with van der Waals surface area (Å²) in [6.07, 6.45) is 0. The average Bonchev–Trinajstić information content (AvgIpc) is 3.12. The molecule has 0 aliphatic carbocycles. The highest BCUT2D eigenvalue weighted by Crippen LogP contribution is 2.27. The first-order chi connectivity index (χ1) is 12.1. The first-order valence-electron chi connectivity index (χ1n) is 7.16. The third-order valence-corrected chi connectivity index (χ3v) is 4.84. The molecule has 0 fully saturated rings. The minimum atomic E-state index is -0.494. The summed E-state index contributed by atoms with van der Waals surface area (Å²) in [5.41, 5.74) is 1.98. The number of carbonyl (C=O) groups excluding carboxylic acids is 1. The van der Waals surface area contributed by atoms with E-state index in [1.54, 1.807) is 37.4 Å². The van der Waals surface area contributed by atoms with Crippen molar-refractivity contribution >= 4 is 40.7 Å². The fourth-order valence-corrected chi connectivity index (χ4v) is 3.01. The number of nitrogens with zero attached hydrogens (tertiary/aromatic N) is 2. The molecular weight excluding hydrogens is 383 g/mol. The van der Waals surface area contributed by atoms with E-state index in [4.69, 9.17) is 32.7 Å². The van der Waals surface area contributed by atoms with Gasteiger partial charge in [0.2, 0.25) is 0 Å². The van der Waals surface area contributed by atoms with Crippen LogP contribution >= 0.6 is 34.7 Å². The van der Waals surface area contributed by atoms with E-state index in [0.717, 1.165) is 28.4 Å². The molecule has 0 atom stereocenters. The van der Waals surface area contributed by atoms with E-state index in [0.29, 0.717) is 20.6 Å². The van der Waals surface area contributed by atoms with E-state index in [1.165, 1.54) is 0 Å². The molecule has 0 saturated carbocycles. The molecule has 0 aliphatic rings. The molecule has 1 aromatic heterocycles. The molecule has 2 aromatic carbocycles. The molecule has 25 heavy (non-hydrogen) atoms. The lowest BCUT2D eigenvalue weighted by atomic mass is 10.1. The van der Waals surface area contributed by atoms with Crippen molar-refractivity contribution in [3.8, 4) is 17.0 Å². The summed E-state index contributed by atoms with van der Waals surface area (Å²) in [6.45, 7) is 0.0790. The van der Waals surface area contributed by atoms with Crippen LogP contribution in [0.5, 0.6) is 5.75 Å². The second-order valence-electron chi connectivity index (χ2n) is 5.00. The van der Waals surface area contributed by atoms with Gasteiger partial charge in [0.25, 0.3) is 0 Å². The molecule has 128 valence electrons. The Morgan fingerprint density at radius 3 is 2.56 bits per heavy atom. The van der Waals surface area contributed by atoms with Gasteiger partial charge in [0, 0.05) is 5.56 Å². The van der Waals surface area contributed by atoms with Gasteiger partial charge in [-0.2, -0.15) is 0 Å². The fraction of sp³-hybridized carbons (Fsp3) is 0.118. The van der Waals surface area contributed by atoms with Gasteiger partial charge in [0.15, 0.2) is 4.88 Å². The van der Waals surface area contributed by atoms with Crippen LogP contribution in [0.15, 0.2) is 42.5 Å². The highest BCUT2D eigenvalue weighted by atomic mass is 35.5. The van der Waals surface area contributed by atoms with Crippen molar-refractivity contribution in [3.05, 3.63) is 63.0 Å². The van der Waals surface area contributed by atoms with Crippen molar-refractivity contribution in [3.63, 3.8) is 0 Å². The number of aromatic nitrogens is 2. The van der Waals surface area contributed by atoms with Crippen LogP contribution in [0.3, 0.4) is 0 Å². The molecule has 0 radical (unpaired) electrons. The summed E-state index contributed by atoms with van der Waals surface area (Å²) in [5, 5.41) is 4.89. The number of benzene rings is 2. The van der Waals surface area contributed by atoms with Crippen molar-refractivity contribution in [2.75, 3.05) is 7.11 Å². The van der Waals surface area contributed by atoms with Crippen LogP contribution in [0, 0.1) is 0 Å². The molecule has 0 spiro atoms. The monoisotopic (exact) mass is 394 g/mol. The molecular formula is C17H12Cl2N2O3S. The summed E-state index contributed by atoms with van der Waals surface area (Å²) in [4.78, 5) is 12.7. The van der Waals surface area contributed by atoms with Gasteiger partial charge in [-0.25, -0.2) is 4.79 Å². The molecule has 3 rings (SSSR count). The summed E-state index contributed by atoms with van der Waals surface area (Å²) in [6, 6.07) is 12.3. The molecule has 0 N–H and O–H groups in total. The first kappa shape index (κ1) is 17.7. The van der Waals surface area contributed by atoms with Gasteiger partial charge >= 0.3 is 5.97 Å². The van der Waals surface area contributed by atoms with Gasteiger partial charge in [0.1, 0.15) is 18.1 Å². The molecule has 1 heterocycles. The van der Waals surface area contributed by atoms with E-state index >= 15 is 0 Å². The third-order valence-electron chi connectivity index (χ3n) is 3.39. The maximum absolute atomic E-state index is 12.4. The van der Waals surface area contributed by atoms with Crippen molar-refractivity contribution < 1.29 is 14.3 Å². The van der Waals surface area contributed by atoms with Crippen LogP contribution in [0.4, 0.5) is 0 Å². The lowest BCUT2D eigenvalue weighted by Gasteiger charge is -2.06. The zero-order valence-electron chi connectivity index (χ0n) is 13.0. The lowest BCUT2D eigenvalue weighted by molar-refractivity contribution is 0.0479. The Bertz CT molecular complexity index is 897. The van der Waals surface area contributed by atoms with Crippen molar-refractivity contribution in [2.24, 2.45) is 0 Å². The van der Waals surface area contributed by atoms with E-state index in [2.05, 4.69) is 9.59 Å². The average molecular weight is 395 g/mol. The second-order valence-corrected chi connectivity index (χ2v) is 6.57. The van der Waals surface area contributed by atoms with Crippen LogP contribution in [-0.2, 0) is 11.3 Å². The molecule has 0 aliphatic heterocycles. The Hall–Kier alpha value is -2.15. The number of hydrogen-bond acceptors (Lipinski definition) is 6. The fourth-order valence-electron chi connectivity index (χ4n) is 2.11. The van der Waals surface area contributed by atoms with Gasteiger partial charge in [-0.3, -0.25) is 0 Å². The van der Waals surface area contributed by atoms with Crippen molar-refractivity contribution in [1.29, 1.82) is 0 Å². The minimum absolute atomic E-state index is 0.0790. The summed E-state index contributed by atoms with van der Waals surface area (Å²) < 4.78 is 14.3. The summed E-state index contributed by atoms with van der Waals surface area (Å²) in [5.74, 6) is 0.225. The van der Waals surface area contributed by atoms with Crippen LogP contribution in [0.25, 0.3) is 11.3 Å². The maximum Gasteiger partial charge on any atom is 0.352 e. The quantitative estimate of drug-likeness (QED) is 0.577. The molecule has 8 heteroatoms. The van der Waals surface area contributed by atoms with Gasteiger partial charge in [0.05, 0.1) is 17.2 Å². The van der Waals surface area contributed by atoms with Gasteiger partial charge in [-0.05, 0) is 53.5 Å². The van der Waals surface area contributed by atoms with E-state index < -0.39 is 5.97 Å². The molecule has 0 saturated heterocycles. The Kier molecular flexibility index (Phi) is 5.53. The SMILES string of the molecule is COc1ccc(-c2nnsc2C(=O)OCc2ccc(Cl)c(Cl)c2)cc1. The number of ether oxygens (including phenoxy) is 2. The normalized spacial score (nSPS) is 10.5. The first-order valence-corrected chi connectivity index (χ1v) is 8.69. The number of methoxy groups -OCH3 is 1. The summed E-state index contributed by atoms with van der Waals surface area (Å²) in [7, 11) is 1.59. The van der Waals surface area contributed by atoms with Crippen LogP contribution in [0.1, 0.15) is 15.2 Å². The van der Waals surface area contributed by atoms with Crippen molar-refractivity contribution in [1.82, 2.24) is 9.59 Å². The number of esters is 1. The number of hydrogen-bond donors (Lipinski definition) is 0. The Labute approximate surface area is 158 Å². The van der Waals surface area contributed by atoms with Crippen LogP contribution in [-0.4, -0.2) is 22.7 Å².